The van der Waals surface area contributed by atoms with E-state index in [0.717, 1.165) is 6.29 Å². The van der Waals surface area contributed by atoms with Crippen LogP contribution in [0.5, 0.6) is 0 Å². The van der Waals surface area contributed by atoms with Crippen LogP contribution in [0.3, 0.4) is 0 Å². The van der Waals surface area contributed by atoms with Crippen LogP contribution in [0.1, 0.15) is 12.5 Å². The van der Waals surface area contributed by atoms with Crippen molar-refractivity contribution in [2.45, 2.75) is 12.5 Å². The molecule has 0 aromatic carbocycles. The molecular formula is C9H10N2O2. The smallest absolute Gasteiger partial charge is 0.130 e. The van der Waals surface area contributed by atoms with Crippen LogP contribution in [0.25, 0.3) is 0 Å². The van der Waals surface area contributed by atoms with E-state index >= 15 is 0 Å². The molecule has 0 spiro atoms. The van der Waals surface area contributed by atoms with E-state index in [4.69, 9.17) is 0 Å². The predicted molar refractivity (Wildman–Crippen MR) is 46.1 cm³/mol. The minimum atomic E-state index is -0.340. The van der Waals surface area contributed by atoms with Crippen molar-refractivity contribution in [1.82, 2.24) is 9.55 Å². The van der Waals surface area contributed by atoms with Crippen LogP contribution < -0.4 is 0 Å². The number of carbonyl (C=O) groups excluding carboxylic acids is 1. The molecule has 0 fully saturated rings. The van der Waals surface area contributed by atoms with E-state index in [9.17, 15) is 9.90 Å². The number of carbonyl (C=O) groups is 1. The second kappa shape index (κ2) is 3.05. The van der Waals surface area contributed by atoms with Crippen molar-refractivity contribution in [1.29, 1.82) is 0 Å². The quantitative estimate of drug-likeness (QED) is 0.689. The summed E-state index contributed by atoms with van der Waals surface area (Å²) in [6.07, 6.45) is 8.29. The van der Waals surface area contributed by atoms with Crippen LogP contribution in [0.15, 0.2) is 30.6 Å². The van der Waals surface area contributed by atoms with Crippen molar-refractivity contribution >= 4 is 6.29 Å². The third-order valence-corrected chi connectivity index (χ3v) is 2.31. The summed E-state index contributed by atoms with van der Waals surface area (Å²) in [5.41, 5.74) is 0. The van der Waals surface area contributed by atoms with Gasteiger partial charge in [0.2, 0.25) is 0 Å². The number of nitrogens with zero attached hydrogens (tertiary/aromatic N) is 2. The molecule has 0 saturated heterocycles. The average molecular weight is 178 g/mol. The van der Waals surface area contributed by atoms with E-state index in [1.807, 2.05) is 10.8 Å². The zero-order chi connectivity index (χ0) is 9.26. The highest BCUT2D eigenvalue weighted by atomic mass is 16.3. The number of hydrogen-bond donors (Lipinski definition) is 1. The van der Waals surface area contributed by atoms with Crippen molar-refractivity contribution in [3.63, 3.8) is 0 Å². The van der Waals surface area contributed by atoms with Gasteiger partial charge in [0.15, 0.2) is 0 Å². The van der Waals surface area contributed by atoms with Crippen LogP contribution in [-0.4, -0.2) is 20.9 Å². The predicted octanol–water partition coefficient (Wildman–Crippen LogP) is 1.08. The summed E-state index contributed by atoms with van der Waals surface area (Å²) in [6.45, 7) is 0. The molecule has 13 heavy (non-hydrogen) atoms. The molecule has 0 saturated carbocycles. The number of aldehydes is 1. The van der Waals surface area contributed by atoms with E-state index < -0.39 is 0 Å². The number of allylic oxidation sites excluding steroid dienone is 2. The Morgan fingerprint density at radius 2 is 2.54 bits per heavy atom. The van der Waals surface area contributed by atoms with E-state index in [1.165, 1.54) is 0 Å². The van der Waals surface area contributed by atoms with Gasteiger partial charge in [-0.15, -0.1) is 0 Å². The zero-order valence-corrected chi connectivity index (χ0v) is 7.00. The van der Waals surface area contributed by atoms with Crippen LogP contribution in [0.4, 0.5) is 0 Å². The van der Waals surface area contributed by atoms with Crippen LogP contribution in [0.2, 0.25) is 0 Å². The molecule has 68 valence electrons. The normalized spacial score (nSPS) is 27.2. The Hall–Kier alpha value is -1.58. The second-order valence-electron chi connectivity index (χ2n) is 3.15. The summed E-state index contributed by atoms with van der Waals surface area (Å²) in [5, 5.41) is 9.35. The Labute approximate surface area is 75.5 Å². The van der Waals surface area contributed by atoms with Crippen molar-refractivity contribution in [3.8, 4) is 0 Å². The summed E-state index contributed by atoms with van der Waals surface area (Å²) in [5.74, 6) is -0.166. The second-order valence-corrected chi connectivity index (χ2v) is 3.15. The van der Waals surface area contributed by atoms with Gasteiger partial charge < -0.3 is 14.5 Å². The van der Waals surface area contributed by atoms with Crippen molar-refractivity contribution in [2.24, 2.45) is 5.92 Å². The molecule has 1 aromatic rings. The van der Waals surface area contributed by atoms with Crippen LogP contribution >= 0.6 is 0 Å². The Bertz CT molecular complexity index is 329. The van der Waals surface area contributed by atoms with Gasteiger partial charge in [-0.3, -0.25) is 0 Å². The minimum Gasteiger partial charge on any atom is -0.512 e. The Morgan fingerprint density at radius 1 is 1.69 bits per heavy atom. The van der Waals surface area contributed by atoms with Gasteiger partial charge in [-0.05, 0) is 12.5 Å². The fourth-order valence-corrected chi connectivity index (χ4v) is 1.57. The van der Waals surface area contributed by atoms with E-state index in [1.54, 1.807) is 18.6 Å². The monoisotopic (exact) mass is 178 g/mol. The lowest BCUT2D eigenvalue weighted by atomic mass is 10.1. The minimum absolute atomic E-state index is 0.0673. The Morgan fingerprint density at radius 3 is 3.08 bits per heavy atom. The molecule has 4 nitrogen and oxygen atoms in total. The third-order valence-electron chi connectivity index (χ3n) is 2.31. The highest BCUT2D eigenvalue weighted by molar-refractivity contribution is 5.59. The lowest BCUT2D eigenvalue weighted by molar-refractivity contribution is -0.110. The molecule has 2 rings (SSSR count). The largest absolute Gasteiger partial charge is 0.512 e. The Kier molecular flexibility index (Phi) is 1.88. The van der Waals surface area contributed by atoms with Gasteiger partial charge in [0, 0.05) is 12.4 Å². The molecular weight excluding hydrogens is 168 g/mol. The van der Waals surface area contributed by atoms with Crippen molar-refractivity contribution in [3.05, 3.63) is 30.6 Å². The van der Waals surface area contributed by atoms with Gasteiger partial charge in [-0.1, -0.05) is 0 Å². The van der Waals surface area contributed by atoms with E-state index in [-0.39, 0.29) is 17.7 Å². The molecule has 0 radical (unpaired) electrons. The summed E-state index contributed by atoms with van der Waals surface area (Å²) in [4.78, 5) is 14.4. The van der Waals surface area contributed by atoms with Gasteiger partial charge in [-0.2, -0.15) is 0 Å². The topological polar surface area (TPSA) is 55.1 Å². The molecule has 0 bridgehead atoms. The first-order valence-electron chi connectivity index (χ1n) is 4.14. The number of hydrogen-bond acceptors (Lipinski definition) is 3. The van der Waals surface area contributed by atoms with Crippen LogP contribution in [0, 0.1) is 5.92 Å². The van der Waals surface area contributed by atoms with Crippen molar-refractivity contribution < 1.29 is 9.90 Å². The highest BCUT2D eigenvalue weighted by Gasteiger charge is 2.26. The maximum Gasteiger partial charge on any atom is 0.130 e. The summed E-state index contributed by atoms with van der Waals surface area (Å²) in [6, 6.07) is 0.0673. The maximum atomic E-state index is 10.5. The first kappa shape index (κ1) is 8.04. The van der Waals surface area contributed by atoms with Crippen LogP contribution in [-0.2, 0) is 4.79 Å². The fourth-order valence-electron chi connectivity index (χ4n) is 1.57. The average Bonchev–Trinajstić information content (AvgIpc) is 2.71. The highest BCUT2D eigenvalue weighted by Crippen LogP contribution is 2.30. The number of aliphatic hydroxyl groups is 1. The molecule has 0 amide bonds. The first-order valence-corrected chi connectivity index (χ1v) is 4.14. The molecule has 1 aliphatic rings. The number of aromatic nitrogens is 2. The van der Waals surface area contributed by atoms with Gasteiger partial charge in [-0.25, -0.2) is 4.98 Å². The summed E-state index contributed by atoms with van der Waals surface area (Å²) >= 11 is 0. The summed E-state index contributed by atoms with van der Waals surface area (Å²) in [7, 11) is 0. The van der Waals surface area contributed by atoms with Gasteiger partial charge in [0.1, 0.15) is 12.0 Å². The lowest BCUT2D eigenvalue weighted by Gasteiger charge is -2.08. The molecule has 1 heterocycles. The molecule has 2 unspecified atom stereocenters. The summed E-state index contributed by atoms with van der Waals surface area (Å²) < 4.78 is 1.87. The number of aliphatic hydroxyl groups excluding tert-OH is 1. The third kappa shape index (κ3) is 1.35. The van der Waals surface area contributed by atoms with E-state index in [0.29, 0.717) is 6.42 Å². The lowest BCUT2D eigenvalue weighted by Crippen LogP contribution is -2.05. The maximum absolute atomic E-state index is 10.5. The number of imidazole rings is 1. The van der Waals surface area contributed by atoms with Gasteiger partial charge >= 0.3 is 0 Å². The number of rotatable bonds is 2. The first-order chi connectivity index (χ1) is 6.31. The molecule has 2 atom stereocenters. The Balaban J connectivity index is 2.19. The molecule has 0 aliphatic heterocycles. The van der Waals surface area contributed by atoms with Gasteiger partial charge in [0.05, 0.1) is 18.3 Å². The van der Waals surface area contributed by atoms with Gasteiger partial charge in [0.25, 0.3) is 0 Å². The van der Waals surface area contributed by atoms with Crippen molar-refractivity contribution in [2.75, 3.05) is 0 Å². The fraction of sp³-hybridized carbons (Fsp3) is 0.333. The molecule has 1 aliphatic carbocycles. The molecule has 4 heteroatoms. The van der Waals surface area contributed by atoms with E-state index in [2.05, 4.69) is 4.98 Å². The SMILES string of the molecule is O=CC1CC(n2ccnc2)C=C1O. The molecule has 1 aromatic heterocycles. The standard InChI is InChI=1S/C9H10N2O2/c12-5-7-3-8(4-9(7)13)11-2-1-10-6-11/h1-2,4-8,13H,3H2. The molecule has 1 N–H and O–H groups in total. The zero-order valence-electron chi connectivity index (χ0n) is 7.00.